The van der Waals surface area contributed by atoms with E-state index in [1.165, 1.54) is 5.56 Å². The number of pyridine rings is 1. The number of anilines is 1. The van der Waals surface area contributed by atoms with Gasteiger partial charge in [0.2, 0.25) is 5.91 Å². The third kappa shape index (κ3) is 3.50. The Morgan fingerprint density at radius 1 is 1.33 bits per heavy atom. The number of nitrogens with two attached hydrogens (primary N) is 2. The van der Waals surface area contributed by atoms with Crippen LogP contribution >= 0.6 is 12.2 Å². The van der Waals surface area contributed by atoms with Gasteiger partial charge in [0.15, 0.2) is 0 Å². The SMILES string of the molecule is CC(C)C(Nc1nc2c(cc1C(N)=S)CCCC2)C(N)=O. The molecule has 0 saturated heterocycles. The Bertz CT molecular complexity index is 571. The number of carbonyl (C=O) groups excluding carboxylic acids is 1. The van der Waals surface area contributed by atoms with Gasteiger partial charge in [-0.2, -0.15) is 0 Å². The minimum Gasteiger partial charge on any atom is -0.389 e. The fourth-order valence-electron chi connectivity index (χ4n) is 2.65. The summed E-state index contributed by atoms with van der Waals surface area (Å²) in [4.78, 5) is 16.5. The third-order valence-electron chi connectivity index (χ3n) is 3.83. The van der Waals surface area contributed by atoms with Crippen LogP contribution in [0.4, 0.5) is 5.82 Å². The van der Waals surface area contributed by atoms with Crippen molar-refractivity contribution >= 4 is 28.9 Å². The number of hydrogen-bond donors (Lipinski definition) is 3. The van der Waals surface area contributed by atoms with Crippen LogP contribution in [-0.2, 0) is 17.6 Å². The van der Waals surface area contributed by atoms with Crippen molar-refractivity contribution in [2.24, 2.45) is 17.4 Å². The summed E-state index contributed by atoms with van der Waals surface area (Å²) < 4.78 is 0. The smallest absolute Gasteiger partial charge is 0.240 e. The lowest BCUT2D eigenvalue weighted by molar-refractivity contribution is -0.119. The predicted molar refractivity (Wildman–Crippen MR) is 88.2 cm³/mol. The summed E-state index contributed by atoms with van der Waals surface area (Å²) >= 11 is 5.12. The molecule has 0 radical (unpaired) electrons. The lowest BCUT2D eigenvalue weighted by atomic mass is 9.94. The molecule has 0 fully saturated rings. The van der Waals surface area contributed by atoms with E-state index in [1.807, 2.05) is 19.9 Å². The van der Waals surface area contributed by atoms with Crippen molar-refractivity contribution in [3.05, 3.63) is 22.9 Å². The third-order valence-corrected chi connectivity index (χ3v) is 4.05. The second-order valence-electron chi connectivity index (χ2n) is 5.83. The van der Waals surface area contributed by atoms with Crippen LogP contribution in [0.5, 0.6) is 0 Å². The number of nitrogens with zero attached hydrogens (tertiary/aromatic N) is 1. The quantitative estimate of drug-likeness (QED) is 0.717. The topological polar surface area (TPSA) is 94.0 Å². The zero-order valence-corrected chi connectivity index (χ0v) is 13.3. The number of carbonyl (C=O) groups is 1. The van der Waals surface area contributed by atoms with Gasteiger partial charge in [0.25, 0.3) is 0 Å². The van der Waals surface area contributed by atoms with Crippen molar-refractivity contribution in [3.63, 3.8) is 0 Å². The van der Waals surface area contributed by atoms with E-state index in [0.29, 0.717) is 11.4 Å². The maximum absolute atomic E-state index is 11.6. The molecule has 1 amide bonds. The zero-order chi connectivity index (χ0) is 15.6. The summed E-state index contributed by atoms with van der Waals surface area (Å²) in [5, 5.41) is 3.12. The molecule has 1 aliphatic rings. The fraction of sp³-hybridized carbons (Fsp3) is 0.533. The summed E-state index contributed by atoms with van der Waals surface area (Å²) in [5.74, 6) is 0.221. The van der Waals surface area contributed by atoms with Gasteiger partial charge in [0.1, 0.15) is 16.8 Å². The van der Waals surface area contributed by atoms with Gasteiger partial charge in [-0.3, -0.25) is 4.79 Å². The minimum atomic E-state index is -0.493. The van der Waals surface area contributed by atoms with E-state index < -0.39 is 11.9 Å². The second kappa shape index (κ2) is 6.39. The predicted octanol–water partition coefficient (Wildman–Crippen LogP) is 1.52. The molecule has 5 nitrogen and oxygen atoms in total. The molecule has 0 saturated carbocycles. The standard InChI is InChI=1S/C15H22N4OS/c1-8(2)12(13(16)20)19-15-10(14(17)21)7-9-5-3-4-6-11(9)18-15/h7-8,12H,3-6H2,1-2H3,(H2,16,20)(H2,17,21)(H,18,19). The van der Waals surface area contributed by atoms with Gasteiger partial charge in [-0.15, -0.1) is 0 Å². The number of thiocarbonyl (C=S) groups is 1. The van der Waals surface area contributed by atoms with Crippen molar-refractivity contribution in [1.82, 2.24) is 4.98 Å². The molecule has 0 spiro atoms. The Hall–Kier alpha value is -1.69. The summed E-state index contributed by atoms with van der Waals surface area (Å²) in [5.41, 5.74) is 14.2. The van der Waals surface area contributed by atoms with Crippen molar-refractivity contribution in [3.8, 4) is 0 Å². The molecule has 1 aromatic rings. The molecule has 1 atom stereocenters. The van der Waals surface area contributed by atoms with E-state index in [9.17, 15) is 4.79 Å². The number of hydrogen-bond acceptors (Lipinski definition) is 4. The molecular formula is C15H22N4OS. The second-order valence-corrected chi connectivity index (χ2v) is 6.27. The number of fused-ring (bicyclic) bond motifs is 1. The summed E-state index contributed by atoms with van der Waals surface area (Å²) in [6, 6.07) is 1.51. The van der Waals surface area contributed by atoms with Gasteiger partial charge in [-0.05, 0) is 43.2 Å². The monoisotopic (exact) mass is 306 g/mol. The molecule has 1 heterocycles. The molecule has 5 N–H and O–H groups in total. The maximum Gasteiger partial charge on any atom is 0.240 e. The molecule has 0 bridgehead atoms. The lowest BCUT2D eigenvalue weighted by Gasteiger charge is -2.23. The molecular weight excluding hydrogens is 284 g/mol. The Morgan fingerprint density at radius 3 is 2.57 bits per heavy atom. The first kappa shape index (κ1) is 15.7. The summed E-state index contributed by atoms with van der Waals surface area (Å²) in [6.45, 7) is 3.86. The number of amides is 1. The lowest BCUT2D eigenvalue weighted by Crippen LogP contribution is -2.40. The van der Waals surface area contributed by atoms with Gasteiger partial charge >= 0.3 is 0 Å². The Kier molecular flexibility index (Phi) is 4.77. The van der Waals surface area contributed by atoms with Gasteiger partial charge in [0.05, 0.1) is 5.56 Å². The normalized spacial score (nSPS) is 15.4. The molecule has 1 aliphatic carbocycles. The van der Waals surface area contributed by atoms with E-state index in [-0.39, 0.29) is 10.9 Å². The highest BCUT2D eigenvalue weighted by Crippen LogP contribution is 2.25. The molecule has 6 heteroatoms. The average molecular weight is 306 g/mol. The molecule has 0 aromatic carbocycles. The van der Waals surface area contributed by atoms with Crippen LogP contribution in [-0.4, -0.2) is 21.9 Å². The first-order valence-corrected chi connectivity index (χ1v) is 7.69. The highest BCUT2D eigenvalue weighted by molar-refractivity contribution is 7.80. The van der Waals surface area contributed by atoms with Crippen LogP contribution < -0.4 is 16.8 Å². The van der Waals surface area contributed by atoms with Gasteiger partial charge in [0, 0.05) is 5.69 Å². The van der Waals surface area contributed by atoms with Crippen LogP contribution in [0.15, 0.2) is 6.07 Å². The number of primary amides is 1. The van der Waals surface area contributed by atoms with Crippen molar-refractivity contribution < 1.29 is 4.79 Å². The van der Waals surface area contributed by atoms with Crippen LogP contribution in [0.2, 0.25) is 0 Å². The average Bonchev–Trinajstić information content (AvgIpc) is 2.42. The molecule has 1 unspecified atom stereocenters. The number of nitrogens with one attached hydrogen (secondary N) is 1. The zero-order valence-electron chi connectivity index (χ0n) is 12.5. The summed E-state index contributed by atoms with van der Waals surface area (Å²) in [7, 11) is 0. The highest BCUT2D eigenvalue weighted by Gasteiger charge is 2.23. The van der Waals surface area contributed by atoms with Crippen LogP contribution in [0.3, 0.4) is 0 Å². The minimum absolute atomic E-state index is 0.0551. The van der Waals surface area contributed by atoms with E-state index >= 15 is 0 Å². The first-order valence-electron chi connectivity index (χ1n) is 7.28. The van der Waals surface area contributed by atoms with Crippen LogP contribution in [0, 0.1) is 5.92 Å². The Morgan fingerprint density at radius 2 is 2.00 bits per heavy atom. The van der Waals surface area contributed by atoms with Crippen molar-refractivity contribution in [1.29, 1.82) is 0 Å². The Balaban J connectivity index is 2.41. The fourth-order valence-corrected chi connectivity index (χ4v) is 2.80. The molecule has 114 valence electrons. The van der Waals surface area contributed by atoms with Gasteiger partial charge in [-0.1, -0.05) is 26.1 Å². The summed E-state index contributed by atoms with van der Waals surface area (Å²) in [6.07, 6.45) is 4.25. The van der Waals surface area contributed by atoms with E-state index in [0.717, 1.165) is 31.4 Å². The Labute approximate surface area is 130 Å². The van der Waals surface area contributed by atoms with E-state index in [1.54, 1.807) is 0 Å². The van der Waals surface area contributed by atoms with E-state index in [2.05, 4.69) is 10.3 Å². The molecule has 21 heavy (non-hydrogen) atoms. The van der Waals surface area contributed by atoms with E-state index in [4.69, 9.17) is 23.7 Å². The largest absolute Gasteiger partial charge is 0.389 e. The number of aryl methyl sites for hydroxylation is 2. The highest BCUT2D eigenvalue weighted by atomic mass is 32.1. The molecule has 0 aliphatic heterocycles. The molecule has 2 rings (SSSR count). The van der Waals surface area contributed by atoms with Crippen molar-refractivity contribution in [2.45, 2.75) is 45.6 Å². The van der Waals surface area contributed by atoms with Crippen molar-refractivity contribution in [2.75, 3.05) is 5.32 Å². The number of rotatable bonds is 5. The number of aromatic nitrogens is 1. The maximum atomic E-state index is 11.6. The first-order chi connectivity index (χ1) is 9.90. The van der Waals surface area contributed by atoms with Crippen LogP contribution in [0.1, 0.15) is 43.5 Å². The van der Waals surface area contributed by atoms with Gasteiger partial charge in [-0.25, -0.2) is 4.98 Å². The van der Waals surface area contributed by atoms with Crippen LogP contribution in [0.25, 0.3) is 0 Å². The van der Waals surface area contributed by atoms with Gasteiger partial charge < -0.3 is 16.8 Å². The molecule has 1 aromatic heterocycles.